The molecule has 1 unspecified atom stereocenters. The number of carbonyl (C=O) groups excluding carboxylic acids is 3. The van der Waals surface area contributed by atoms with E-state index in [9.17, 15) is 14.4 Å². The lowest BCUT2D eigenvalue weighted by atomic mass is 9.91. The molecule has 1 aliphatic heterocycles. The molecule has 1 rings (SSSR count). The van der Waals surface area contributed by atoms with Crippen LogP contribution in [0, 0.1) is 5.92 Å². The minimum Gasteiger partial charge on any atom is -0.444 e. The van der Waals surface area contributed by atoms with E-state index in [0.29, 0.717) is 6.42 Å². The minimum absolute atomic E-state index is 0.128. The summed E-state index contributed by atoms with van der Waals surface area (Å²) < 4.78 is 5.09. The molecule has 0 aromatic rings. The first kappa shape index (κ1) is 17.3. The van der Waals surface area contributed by atoms with Crippen molar-refractivity contribution in [1.29, 1.82) is 0 Å². The number of nitrogens with two attached hydrogens (primary N) is 1. The number of rotatable bonds is 4. The number of nitrogens with one attached hydrogen (secondary N) is 2. The predicted octanol–water partition coefficient (Wildman–Crippen LogP) is 0.670. The maximum Gasteiger partial charge on any atom is 0.408 e. The standard InChI is InChI=1S/C14H25N3O4/c1-13(2,3)21-12(20)16-9(10(15)18)6-8-7-14(4,5)17-11(8)19/h8-9H,6-7H2,1-5H3,(H2,15,18)(H,16,20)(H,17,19)/t8-,9?/m1/s1. The highest BCUT2D eigenvalue weighted by Gasteiger charge is 2.39. The highest BCUT2D eigenvalue weighted by atomic mass is 16.6. The zero-order valence-corrected chi connectivity index (χ0v) is 13.3. The molecule has 4 N–H and O–H groups in total. The highest BCUT2D eigenvalue weighted by molar-refractivity contribution is 5.87. The summed E-state index contributed by atoms with van der Waals surface area (Å²) in [7, 11) is 0. The number of carbonyl (C=O) groups is 3. The van der Waals surface area contributed by atoms with Crippen molar-refractivity contribution in [3.63, 3.8) is 0 Å². The Bertz CT molecular complexity index is 440. The number of primary amides is 1. The molecule has 1 saturated heterocycles. The summed E-state index contributed by atoms with van der Waals surface area (Å²) in [6, 6.07) is -0.926. The van der Waals surface area contributed by atoms with Crippen LogP contribution in [0.4, 0.5) is 4.79 Å². The fourth-order valence-electron chi connectivity index (χ4n) is 2.37. The van der Waals surface area contributed by atoms with Crippen LogP contribution in [0.25, 0.3) is 0 Å². The van der Waals surface area contributed by atoms with E-state index in [4.69, 9.17) is 10.5 Å². The lowest BCUT2D eigenvalue weighted by molar-refractivity contribution is -0.124. The average Bonchev–Trinajstić information content (AvgIpc) is 2.47. The molecule has 1 fully saturated rings. The molecule has 120 valence electrons. The van der Waals surface area contributed by atoms with Gasteiger partial charge in [-0.1, -0.05) is 0 Å². The number of alkyl carbamates (subject to hydrolysis) is 1. The summed E-state index contributed by atoms with van der Waals surface area (Å²) >= 11 is 0. The van der Waals surface area contributed by atoms with Crippen LogP contribution < -0.4 is 16.4 Å². The zero-order valence-electron chi connectivity index (χ0n) is 13.3. The van der Waals surface area contributed by atoms with E-state index in [2.05, 4.69) is 10.6 Å². The van der Waals surface area contributed by atoms with Crippen LogP contribution in [0.2, 0.25) is 0 Å². The largest absolute Gasteiger partial charge is 0.444 e. The van der Waals surface area contributed by atoms with Gasteiger partial charge in [-0.15, -0.1) is 0 Å². The van der Waals surface area contributed by atoms with Crippen molar-refractivity contribution in [1.82, 2.24) is 10.6 Å². The maximum atomic E-state index is 11.9. The van der Waals surface area contributed by atoms with Gasteiger partial charge < -0.3 is 21.1 Å². The second kappa shape index (κ2) is 5.91. The zero-order chi connectivity index (χ0) is 16.4. The first-order valence-corrected chi connectivity index (χ1v) is 7.00. The van der Waals surface area contributed by atoms with Gasteiger partial charge in [-0.05, 0) is 47.5 Å². The molecule has 1 heterocycles. The first-order valence-electron chi connectivity index (χ1n) is 7.00. The molecule has 0 saturated carbocycles. The fraction of sp³-hybridized carbons (Fsp3) is 0.786. The second-order valence-electron chi connectivity index (χ2n) is 7.11. The molecular weight excluding hydrogens is 274 g/mol. The quantitative estimate of drug-likeness (QED) is 0.708. The third-order valence-corrected chi connectivity index (χ3v) is 3.14. The lowest BCUT2D eigenvalue weighted by Crippen LogP contribution is -2.47. The fourth-order valence-corrected chi connectivity index (χ4v) is 2.37. The van der Waals surface area contributed by atoms with Crippen molar-refractivity contribution in [2.45, 2.75) is 64.6 Å². The number of hydrogen-bond acceptors (Lipinski definition) is 4. The Labute approximate surface area is 125 Å². The van der Waals surface area contributed by atoms with E-state index in [-0.39, 0.29) is 23.8 Å². The highest BCUT2D eigenvalue weighted by Crippen LogP contribution is 2.27. The smallest absolute Gasteiger partial charge is 0.408 e. The lowest BCUT2D eigenvalue weighted by Gasteiger charge is -2.23. The molecule has 0 aromatic heterocycles. The number of amides is 3. The summed E-state index contributed by atoms with van der Waals surface area (Å²) in [6.45, 7) is 8.98. The molecule has 21 heavy (non-hydrogen) atoms. The number of hydrogen-bond donors (Lipinski definition) is 3. The van der Waals surface area contributed by atoms with Crippen LogP contribution in [0.15, 0.2) is 0 Å². The summed E-state index contributed by atoms with van der Waals surface area (Å²) in [6.07, 6.45) is 0.0408. The molecule has 0 aliphatic carbocycles. The van der Waals surface area contributed by atoms with Crippen LogP contribution in [-0.2, 0) is 14.3 Å². The Morgan fingerprint density at radius 2 is 2.05 bits per heavy atom. The van der Waals surface area contributed by atoms with E-state index < -0.39 is 23.6 Å². The van der Waals surface area contributed by atoms with Crippen molar-refractivity contribution < 1.29 is 19.1 Å². The summed E-state index contributed by atoms with van der Waals surface area (Å²) in [5.74, 6) is -1.16. The maximum absolute atomic E-state index is 11.9. The molecule has 0 bridgehead atoms. The van der Waals surface area contributed by atoms with Crippen molar-refractivity contribution in [2.75, 3.05) is 0 Å². The van der Waals surface area contributed by atoms with Gasteiger partial charge in [0, 0.05) is 11.5 Å². The third-order valence-electron chi connectivity index (χ3n) is 3.14. The summed E-state index contributed by atoms with van der Waals surface area (Å²) in [4.78, 5) is 35.0. The van der Waals surface area contributed by atoms with Gasteiger partial charge >= 0.3 is 6.09 Å². The van der Waals surface area contributed by atoms with Crippen LogP contribution in [0.5, 0.6) is 0 Å². The molecule has 1 aliphatic rings. The molecule has 0 radical (unpaired) electrons. The van der Waals surface area contributed by atoms with Gasteiger partial charge in [0.05, 0.1) is 0 Å². The predicted molar refractivity (Wildman–Crippen MR) is 77.3 cm³/mol. The van der Waals surface area contributed by atoms with Crippen molar-refractivity contribution in [2.24, 2.45) is 11.7 Å². The SMILES string of the molecule is CC1(C)C[C@@H](CC(NC(=O)OC(C)(C)C)C(N)=O)C(=O)N1. The van der Waals surface area contributed by atoms with Crippen LogP contribution in [0.3, 0.4) is 0 Å². The Kier molecular flexibility index (Phi) is 4.86. The van der Waals surface area contributed by atoms with Gasteiger partial charge in [-0.2, -0.15) is 0 Å². The second-order valence-corrected chi connectivity index (χ2v) is 7.11. The van der Waals surface area contributed by atoms with Gasteiger partial charge in [0.2, 0.25) is 11.8 Å². The molecule has 3 amide bonds. The monoisotopic (exact) mass is 299 g/mol. The van der Waals surface area contributed by atoms with E-state index >= 15 is 0 Å². The topological polar surface area (TPSA) is 111 Å². The molecule has 7 heteroatoms. The average molecular weight is 299 g/mol. The summed E-state index contributed by atoms with van der Waals surface area (Å²) in [5.41, 5.74) is 4.32. The van der Waals surface area contributed by atoms with Crippen LogP contribution in [-0.4, -0.2) is 35.1 Å². The van der Waals surface area contributed by atoms with Crippen molar-refractivity contribution in [3.8, 4) is 0 Å². The first-order chi connectivity index (χ1) is 9.39. The van der Waals surface area contributed by atoms with E-state index in [1.165, 1.54) is 0 Å². The molecular formula is C14H25N3O4. The molecule has 7 nitrogen and oxygen atoms in total. The Morgan fingerprint density at radius 3 is 2.43 bits per heavy atom. The van der Waals surface area contributed by atoms with Gasteiger partial charge in [0.15, 0.2) is 0 Å². The Balaban J connectivity index is 2.65. The third kappa shape index (κ3) is 5.61. The summed E-state index contributed by atoms with van der Waals surface area (Å²) in [5, 5.41) is 5.28. The van der Waals surface area contributed by atoms with Crippen LogP contribution >= 0.6 is 0 Å². The van der Waals surface area contributed by atoms with E-state index in [0.717, 1.165) is 0 Å². The van der Waals surface area contributed by atoms with E-state index in [1.807, 2.05) is 13.8 Å². The number of ether oxygens (including phenoxy) is 1. The van der Waals surface area contributed by atoms with Crippen molar-refractivity contribution >= 4 is 17.9 Å². The Hall–Kier alpha value is -1.79. The van der Waals surface area contributed by atoms with Crippen molar-refractivity contribution in [3.05, 3.63) is 0 Å². The molecule has 0 aromatic carbocycles. The van der Waals surface area contributed by atoms with Gasteiger partial charge in [-0.25, -0.2) is 4.79 Å². The van der Waals surface area contributed by atoms with Gasteiger partial charge in [0.1, 0.15) is 11.6 Å². The van der Waals surface area contributed by atoms with Crippen LogP contribution in [0.1, 0.15) is 47.5 Å². The van der Waals surface area contributed by atoms with E-state index in [1.54, 1.807) is 20.8 Å². The molecule has 0 spiro atoms. The molecule has 2 atom stereocenters. The van der Waals surface area contributed by atoms with Gasteiger partial charge in [0.25, 0.3) is 0 Å². The normalized spacial score (nSPS) is 22.3. The van der Waals surface area contributed by atoms with Gasteiger partial charge in [-0.3, -0.25) is 9.59 Å². The minimum atomic E-state index is -0.926. The Morgan fingerprint density at radius 1 is 1.48 bits per heavy atom.